The number of fused-ring (bicyclic) bond motifs is 1. The summed E-state index contributed by atoms with van der Waals surface area (Å²) in [6.07, 6.45) is 0.613. The Balaban J connectivity index is 1.58. The summed E-state index contributed by atoms with van der Waals surface area (Å²) in [7, 11) is 0. The second-order valence-corrected chi connectivity index (χ2v) is 6.32. The molecule has 1 aliphatic rings. The average Bonchev–Trinajstić information content (AvgIpc) is 2.96. The van der Waals surface area contributed by atoms with Crippen LogP contribution in [0, 0.1) is 0 Å². The molecule has 4 rings (SSSR count). The quantitative estimate of drug-likeness (QED) is 0.758. The number of aromatic nitrogens is 2. The number of nitrogens with one attached hydrogen (secondary N) is 2. The molecule has 7 heteroatoms. The molecule has 25 heavy (non-hydrogen) atoms. The fourth-order valence-corrected chi connectivity index (χ4v) is 3.22. The number of H-pyrrole nitrogens is 1. The van der Waals surface area contributed by atoms with Crippen LogP contribution >= 0.6 is 11.6 Å². The van der Waals surface area contributed by atoms with Gasteiger partial charge in [0.05, 0.1) is 10.9 Å². The lowest BCUT2D eigenvalue weighted by Crippen LogP contribution is -2.34. The molecule has 1 aromatic heterocycles. The summed E-state index contributed by atoms with van der Waals surface area (Å²) in [5.74, 6) is 0.230. The summed E-state index contributed by atoms with van der Waals surface area (Å²) >= 11 is 6.01. The van der Waals surface area contributed by atoms with Crippen LogP contribution in [-0.4, -0.2) is 28.5 Å². The van der Waals surface area contributed by atoms with Crippen LogP contribution in [0.25, 0.3) is 10.9 Å². The largest absolute Gasteiger partial charge is 0.344 e. The molecule has 1 aliphatic heterocycles. The highest BCUT2D eigenvalue weighted by Crippen LogP contribution is 2.25. The highest BCUT2D eigenvalue weighted by atomic mass is 35.5. The van der Waals surface area contributed by atoms with Gasteiger partial charge in [-0.2, -0.15) is 0 Å². The highest BCUT2D eigenvalue weighted by molar-refractivity contribution is 6.31. The Hall–Kier alpha value is -2.86. The minimum atomic E-state index is -0.441. The lowest BCUT2D eigenvalue weighted by Gasteiger charge is -2.17. The molecule has 2 aromatic carbocycles. The number of hydrogen-bond acceptors (Lipinski definition) is 4. The summed E-state index contributed by atoms with van der Waals surface area (Å²) < 4.78 is 0. The number of carbonyl (C=O) groups is 1. The van der Waals surface area contributed by atoms with E-state index in [-0.39, 0.29) is 11.5 Å². The van der Waals surface area contributed by atoms with E-state index >= 15 is 0 Å². The van der Waals surface area contributed by atoms with Gasteiger partial charge >= 0.3 is 0 Å². The predicted molar refractivity (Wildman–Crippen MR) is 98.2 cm³/mol. The number of carbonyl (C=O) groups excluding carboxylic acids is 1. The van der Waals surface area contributed by atoms with E-state index in [9.17, 15) is 9.59 Å². The molecule has 0 bridgehead atoms. The van der Waals surface area contributed by atoms with Crippen molar-refractivity contribution in [2.45, 2.75) is 12.5 Å². The van der Waals surface area contributed by atoms with Gasteiger partial charge in [0.1, 0.15) is 6.04 Å². The number of nitrogens with zero attached hydrogens (tertiary/aromatic N) is 2. The second kappa shape index (κ2) is 6.22. The van der Waals surface area contributed by atoms with Crippen molar-refractivity contribution in [3.63, 3.8) is 0 Å². The van der Waals surface area contributed by atoms with Crippen LogP contribution in [0.3, 0.4) is 0 Å². The number of hydrogen-bond donors (Lipinski definition) is 2. The summed E-state index contributed by atoms with van der Waals surface area (Å²) in [6.45, 7) is 0.578. The Morgan fingerprint density at radius 3 is 2.84 bits per heavy atom. The summed E-state index contributed by atoms with van der Waals surface area (Å²) in [5, 5.41) is 4.15. The Bertz CT molecular complexity index is 1020. The van der Waals surface area contributed by atoms with Crippen molar-refractivity contribution in [3.05, 3.63) is 63.9 Å². The lowest BCUT2D eigenvalue weighted by molar-refractivity contribution is -0.117. The van der Waals surface area contributed by atoms with Gasteiger partial charge in [0.2, 0.25) is 11.9 Å². The van der Waals surface area contributed by atoms with Crippen LogP contribution in [-0.2, 0) is 4.79 Å². The van der Waals surface area contributed by atoms with Crippen molar-refractivity contribution in [2.24, 2.45) is 0 Å². The Morgan fingerprint density at radius 1 is 1.16 bits per heavy atom. The van der Waals surface area contributed by atoms with Crippen LogP contribution in [0.2, 0.25) is 5.02 Å². The number of aromatic amines is 1. The minimum absolute atomic E-state index is 0.0712. The first kappa shape index (κ1) is 15.7. The van der Waals surface area contributed by atoms with Crippen LogP contribution in [0.15, 0.2) is 53.3 Å². The van der Waals surface area contributed by atoms with Crippen molar-refractivity contribution in [2.75, 3.05) is 16.8 Å². The van der Waals surface area contributed by atoms with E-state index in [0.29, 0.717) is 34.8 Å². The average molecular weight is 355 g/mol. The van der Waals surface area contributed by atoms with Gasteiger partial charge in [0, 0.05) is 17.3 Å². The molecule has 1 saturated heterocycles. The molecule has 3 aromatic rings. The maximum absolute atomic E-state index is 12.7. The van der Waals surface area contributed by atoms with Gasteiger partial charge < -0.3 is 10.2 Å². The number of anilines is 2. The highest BCUT2D eigenvalue weighted by Gasteiger charge is 2.33. The summed E-state index contributed by atoms with van der Waals surface area (Å²) in [5.41, 5.74) is 1.12. The molecule has 2 heterocycles. The van der Waals surface area contributed by atoms with Crippen LogP contribution in [0.1, 0.15) is 6.42 Å². The van der Waals surface area contributed by atoms with Gasteiger partial charge in [-0.25, -0.2) is 4.98 Å². The van der Waals surface area contributed by atoms with Crippen LogP contribution in [0.4, 0.5) is 11.6 Å². The van der Waals surface area contributed by atoms with E-state index in [4.69, 9.17) is 11.6 Å². The van der Waals surface area contributed by atoms with E-state index < -0.39 is 6.04 Å². The maximum atomic E-state index is 12.7. The van der Waals surface area contributed by atoms with E-state index in [1.165, 1.54) is 0 Å². The first-order chi connectivity index (χ1) is 12.1. The lowest BCUT2D eigenvalue weighted by atomic mass is 10.2. The van der Waals surface area contributed by atoms with Crippen molar-refractivity contribution in [1.29, 1.82) is 0 Å². The summed E-state index contributed by atoms with van der Waals surface area (Å²) in [4.78, 5) is 33.6. The normalized spacial score (nSPS) is 17.2. The van der Waals surface area contributed by atoms with E-state index in [1.54, 1.807) is 35.2 Å². The van der Waals surface area contributed by atoms with E-state index in [0.717, 1.165) is 5.69 Å². The molecule has 2 N–H and O–H groups in total. The number of rotatable bonds is 3. The SMILES string of the molecule is O=C1C(Nc2nc3ccccc3c(=O)[nH]2)CCN1c1cccc(Cl)c1. The van der Waals surface area contributed by atoms with Gasteiger partial charge in [0.15, 0.2) is 0 Å². The van der Waals surface area contributed by atoms with Gasteiger partial charge in [-0.1, -0.05) is 29.8 Å². The number of benzene rings is 2. The van der Waals surface area contributed by atoms with Crippen molar-refractivity contribution >= 4 is 40.0 Å². The third kappa shape index (κ3) is 2.96. The predicted octanol–water partition coefficient (Wildman–Crippen LogP) is 2.79. The van der Waals surface area contributed by atoms with Crippen molar-refractivity contribution in [3.8, 4) is 0 Å². The maximum Gasteiger partial charge on any atom is 0.260 e. The van der Waals surface area contributed by atoms with Gasteiger partial charge in [-0.05, 0) is 36.8 Å². The molecule has 1 atom stereocenters. The molecule has 0 saturated carbocycles. The topological polar surface area (TPSA) is 78.1 Å². The van der Waals surface area contributed by atoms with Crippen LogP contribution in [0.5, 0.6) is 0 Å². The first-order valence-electron chi connectivity index (χ1n) is 7.94. The van der Waals surface area contributed by atoms with Crippen molar-refractivity contribution < 1.29 is 4.79 Å². The molecule has 6 nitrogen and oxygen atoms in total. The van der Waals surface area contributed by atoms with Crippen molar-refractivity contribution in [1.82, 2.24) is 9.97 Å². The van der Waals surface area contributed by atoms with Gasteiger partial charge in [0.25, 0.3) is 5.56 Å². The zero-order valence-corrected chi connectivity index (χ0v) is 14.0. The molecule has 1 amide bonds. The standard InChI is InChI=1S/C18H15ClN4O2/c19-11-4-3-5-12(10-11)23-9-8-15(17(23)25)21-18-20-14-7-2-1-6-13(14)16(24)22-18/h1-7,10,15H,8-9H2,(H2,20,21,22,24). The van der Waals surface area contributed by atoms with Gasteiger partial charge in [-0.3, -0.25) is 14.6 Å². The molecule has 0 aliphatic carbocycles. The molecular formula is C18H15ClN4O2. The smallest absolute Gasteiger partial charge is 0.260 e. The molecule has 0 radical (unpaired) electrons. The number of amides is 1. The third-order valence-electron chi connectivity index (χ3n) is 4.25. The third-order valence-corrected chi connectivity index (χ3v) is 4.48. The van der Waals surface area contributed by atoms with E-state index in [1.807, 2.05) is 18.2 Å². The minimum Gasteiger partial charge on any atom is -0.344 e. The molecule has 126 valence electrons. The second-order valence-electron chi connectivity index (χ2n) is 5.89. The zero-order chi connectivity index (χ0) is 17.4. The van der Waals surface area contributed by atoms with Crippen LogP contribution < -0.4 is 15.8 Å². The molecule has 1 fully saturated rings. The number of halogens is 1. The zero-order valence-electron chi connectivity index (χ0n) is 13.2. The molecule has 1 unspecified atom stereocenters. The molecular weight excluding hydrogens is 340 g/mol. The monoisotopic (exact) mass is 354 g/mol. The Morgan fingerprint density at radius 2 is 2.00 bits per heavy atom. The fraction of sp³-hybridized carbons (Fsp3) is 0.167. The first-order valence-corrected chi connectivity index (χ1v) is 8.32. The Labute approximate surface area is 148 Å². The fourth-order valence-electron chi connectivity index (χ4n) is 3.03. The van der Waals surface area contributed by atoms with Gasteiger partial charge in [-0.15, -0.1) is 0 Å². The molecule has 0 spiro atoms. The Kier molecular flexibility index (Phi) is 3.89. The number of para-hydroxylation sites is 1. The summed E-state index contributed by atoms with van der Waals surface area (Å²) in [6, 6.07) is 13.8. The van der Waals surface area contributed by atoms with E-state index in [2.05, 4.69) is 15.3 Å².